The Balaban J connectivity index is 2.09. The monoisotopic (exact) mass is 653 g/mol. The van der Waals surface area contributed by atoms with Gasteiger partial charge in [-0.1, -0.05) is 58.6 Å². The summed E-state index contributed by atoms with van der Waals surface area (Å²) in [5.41, 5.74) is 1.06. The van der Waals surface area contributed by atoms with Gasteiger partial charge in [-0.3, -0.25) is 13.9 Å². The summed E-state index contributed by atoms with van der Waals surface area (Å²) >= 11 is 18.7. The van der Waals surface area contributed by atoms with E-state index in [2.05, 4.69) is 5.32 Å². The highest BCUT2D eigenvalue weighted by Gasteiger charge is 2.33. The van der Waals surface area contributed by atoms with Gasteiger partial charge in [0.05, 0.1) is 32.8 Å². The second-order valence-electron chi connectivity index (χ2n) is 10.8. The molecule has 1 N–H and O–H groups in total. The first kappa shape index (κ1) is 33.5. The third kappa shape index (κ3) is 8.31. The second kappa shape index (κ2) is 13.5. The Kier molecular flexibility index (Phi) is 10.8. The molecule has 0 aliphatic heterocycles. The van der Waals surface area contributed by atoms with Crippen molar-refractivity contribution in [3.05, 3.63) is 86.9 Å². The molecule has 0 aliphatic carbocycles. The Morgan fingerprint density at radius 3 is 2.12 bits per heavy atom. The second-order valence-corrected chi connectivity index (χ2v) is 13.9. The summed E-state index contributed by atoms with van der Waals surface area (Å²) in [4.78, 5) is 28.6. The molecule has 0 bridgehead atoms. The molecular weight excluding hydrogens is 621 g/mol. The highest BCUT2D eigenvalue weighted by atomic mass is 35.5. The molecule has 1 atom stereocenters. The van der Waals surface area contributed by atoms with Crippen molar-refractivity contribution in [2.24, 2.45) is 0 Å². The summed E-state index contributed by atoms with van der Waals surface area (Å²) in [5, 5.41) is 3.67. The van der Waals surface area contributed by atoms with Gasteiger partial charge in [0.25, 0.3) is 10.0 Å². The number of benzene rings is 3. The minimum absolute atomic E-state index is 0.0117. The van der Waals surface area contributed by atoms with Crippen LogP contribution in [0.4, 0.5) is 5.69 Å². The van der Waals surface area contributed by atoms with Crippen molar-refractivity contribution in [1.29, 1.82) is 0 Å². The number of methoxy groups -OCH3 is 1. The first-order chi connectivity index (χ1) is 19.5. The van der Waals surface area contributed by atoms with Gasteiger partial charge in [-0.2, -0.15) is 0 Å². The Labute approximate surface area is 262 Å². The number of carbonyl (C=O) groups is 2. The summed E-state index contributed by atoms with van der Waals surface area (Å²) < 4.78 is 34.1. The lowest BCUT2D eigenvalue weighted by atomic mass is 10.1. The summed E-state index contributed by atoms with van der Waals surface area (Å²) in [6.45, 7) is 8.25. The van der Waals surface area contributed by atoms with Crippen LogP contribution in [0.25, 0.3) is 0 Å². The van der Waals surface area contributed by atoms with Gasteiger partial charge in [0.1, 0.15) is 18.3 Å². The number of nitrogens with one attached hydrogen (secondary N) is 1. The first-order valence-electron chi connectivity index (χ1n) is 13.0. The van der Waals surface area contributed by atoms with Gasteiger partial charge in [-0.25, -0.2) is 8.42 Å². The van der Waals surface area contributed by atoms with E-state index in [9.17, 15) is 18.0 Å². The molecule has 226 valence electrons. The largest absolute Gasteiger partial charge is 0.495 e. The predicted octanol–water partition coefficient (Wildman–Crippen LogP) is 6.49. The zero-order valence-electron chi connectivity index (χ0n) is 24.2. The van der Waals surface area contributed by atoms with E-state index in [1.54, 1.807) is 37.3 Å². The fourth-order valence-electron chi connectivity index (χ4n) is 4.07. The normalized spacial score (nSPS) is 12.4. The minimum atomic E-state index is -4.25. The molecule has 12 heteroatoms. The van der Waals surface area contributed by atoms with E-state index in [-0.39, 0.29) is 27.2 Å². The van der Waals surface area contributed by atoms with Crippen LogP contribution < -0.4 is 14.4 Å². The van der Waals surface area contributed by atoms with Crippen LogP contribution in [-0.4, -0.2) is 50.4 Å². The van der Waals surface area contributed by atoms with Crippen LogP contribution in [0.3, 0.4) is 0 Å². The van der Waals surface area contributed by atoms with Crippen LogP contribution in [0.5, 0.6) is 5.75 Å². The number of ether oxygens (including phenoxy) is 1. The Hall–Kier alpha value is -2.98. The number of anilines is 1. The van der Waals surface area contributed by atoms with E-state index >= 15 is 0 Å². The molecule has 42 heavy (non-hydrogen) atoms. The van der Waals surface area contributed by atoms with Gasteiger partial charge in [0, 0.05) is 12.1 Å². The number of amides is 2. The maximum Gasteiger partial charge on any atom is 0.264 e. The minimum Gasteiger partial charge on any atom is -0.495 e. The smallest absolute Gasteiger partial charge is 0.264 e. The van der Waals surface area contributed by atoms with Crippen molar-refractivity contribution in [3.63, 3.8) is 0 Å². The molecule has 2 amide bonds. The molecule has 0 aliphatic rings. The quantitative estimate of drug-likeness (QED) is 0.270. The van der Waals surface area contributed by atoms with Crippen LogP contribution in [0.15, 0.2) is 65.6 Å². The first-order valence-corrected chi connectivity index (χ1v) is 15.6. The van der Waals surface area contributed by atoms with Gasteiger partial charge < -0.3 is 15.0 Å². The van der Waals surface area contributed by atoms with Gasteiger partial charge in [-0.15, -0.1) is 0 Å². The summed E-state index contributed by atoms with van der Waals surface area (Å²) in [6.07, 6.45) is 0. The topological polar surface area (TPSA) is 96.0 Å². The lowest BCUT2D eigenvalue weighted by molar-refractivity contribution is -0.140. The number of nitrogens with zero attached hydrogens (tertiary/aromatic N) is 2. The molecule has 8 nitrogen and oxygen atoms in total. The van der Waals surface area contributed by atoms with Gasteiger partial charge in [0.15, 0.2) is 0 Å². The van der Waals surface area contributed by atoms with Crippen LogP contribution >= 0.6 is 34.8 Å². The van der Waals surface area contributed by atoms with Crippen molar-refractivity contribution in [2.75, 3.05) is 18.0 Å². The number of carbonyl (C=O) groups excluding carboxylic acids is 2. The van der Waals surface area contributed by atoms with Crippen molar-refractivity contribution < 1.29 is 22.7 Å². The molecule has 3 rings (SSSR count). The van der Waals surface area contributed by atoms with Gasteiger partial charge >= 0.3 is 0 Å². The fourth-order valence-corrected chi connectivity index (χ4v) is 6.05. The van der Waals surface area contributed by atoms with E-state index in [1.165, 1.54) is 42.3 Å². The number of hydrogen-bond donors (Lipinski definition) is 1. The zero-order valence-corrected chi connectivity index (χ0v) is 27.3. The molecule has 0 spiro atoms. The third-order valence-corrected chi connectivity index (χ3v) is 9.14. The van der Waals surface area contributed by atoms with E-state index in [0.29, 0.717) is 16.3 Å². The summed E-state index contributed by atoms with van der Waals surface area (Å²) in [7, 11) is -2.81. The number of aryl methyl sites for hydroxylation is 1. The molecule has 0 radical (unpaired) electrons. The summed E-state index contributed by atoms with van der Waals surface area (Å²) in [5.74, 6) is -0.690. The van der Waals surface area contributed by atoms with Gasteiger partial charge in [-0.05, 0) is 82.6 Å². The Morgan fingerprint density at radius 2 is 1.57 bits per heavy atom. The Morgan fingerprint density at radius 1 is 0.929 bits per heavy atom. The number of sulfonamides is 1. The molecular formula is C30H34Cl3N3O5S. The van der Waals surface area contributed by atoms with Crippen LogP contribution in [0, 0.1) is 6.92 Å². The highest BCUT2D eigenvalue weighted by molar-refractivity contribution is 7.92. The lowest BCUT2D eigenvalue weighted by Crippen LogP contribution is -2.54. The van der Waals surface area contributed by atoms with Crippen LogP contribution in [-0.2, 0) is 26.2 Å². The lowest BCUT2D eigenvalue weighted by Gasteiger charge is -2.33. The maximum atomic E-state index is 14.1. The molecule has 0 aromatic heterocycles. The maximum absolute atomic E-state index is 14.1. The number of halogens is 3. The van der Waals surface area contributed by atoms with Crippen molar-refractivity contribution >= 4 is 62.3 Å². The number of rotatable bonds is 10. The molecule has 0 saturated heterocycles. The standard InChI is InChI=1S/C30H34Cl3N3O5S/c1-19-7-11-23(12-8-19)42(39,40)36(22-10-14-27(41-6)26(33)16-22)18-28(37)35(20(2)29(38)34-30(3,4)5)17-21-9-13-24(31)25(32)15-21/h7-16,20H,17-18H2,1-6H3,(H,34,38)/t20-/m0/s1. The Bertz CT molecular complexity index is 1560. The average molecular weight is 655 g/mol. The molecule has 0 fully saturated rings. The van der Waals surface area contributed by atoms with Crippen molar-refractivity contribution in [1.82, 2.24) is 10.2 Å². The van der Waals surface area contributed by atoms with Crippen molar-refractivity contribution in [2.45, 2.75) is 57.6 Å². The third-order valence-electron chi connectivity index (χ3n) is 6.31. The van der Waals surface area contributed by atoms with E-state index in [4.69, 9.17) is 39.5 Å². The van der Waals surface area contributed by atoms with Crippen LogP contribution in [0.1, 0.15) is 38.8 Å². The molecule has 0 heterocycles. The predicted molar refractivity (Wildman–Crippen MR) is 168 cm³/mol. The summed E-state index contributed by atoms with van der Waals surface area (Å²) in [6, 6.07) is 14.6. The van der Waals surface area contributed by atoms with E-state index in [1.807, 2.05) is 27.7 Å². The van der Waals surface area contributed by atoms with Gasteiger partial charge in [0.2, 0.25) is 11.8 Å². The molecule has 0 unspecified atom stereocenters. The van der Waals surface area contributed by atoms with E-state index in [0.717, 1.165) is 9.87 Å². The van der Waals surface area contributed by atoms with E-state index < -0.39 is 40.0 Å². The average Bonchev–Trinajstić information content (AvgIpc) is 2.91. The SMILES string of the molecule is COc1ccc(N(CC(=O)N(Cc2ccc(Cl)c(Cl)c2)[C@@H](C)C(=O)NC(C)(C)C)S(=O)(=O)c2ccc(C)cc2)cc1Cl. The van der Waals surface area contributed by atoms with Crippen molar-refractivity contribution in [3.8, 4) is 5.75 Å². The molecule has 0 saturated carbocycles. The molecule has 3 aromatic carbocycles. The molecule has 3 aromatic rings. The van der Waals surface area contributed by atoms with Crippen LogP contribution in [0.2, 0.25) is 15.1 Å². The zero-order chi connectivity index (χ0) is 31.4. The highest BCUT2D eigenvalue weighted by Crippen LogP contribution is 2.32. The number of hydrogen-bond acceptors (Lipinski definition) is 5. The fraction of sp³-hybridized carbons (Fsp3) is 0.333.